The molecule has 0 spiro atoms. The minimum Gasteiger partial charge on any atom is -0.484 e. The molecule has 0 aliphatic rings. The Labute approximate surface area is 166 Å². The van der Waals surface area contributed by atoms with Gasteiger partial charge in [-0.1, -0.05) is 35.9 Å². The molecule has 1 amide bonds. The Bertz CT molecular complexity index is 983. The summed E-state index contributed by atoms with van der Waals surface area (Å²) in [5, 5.41) is 3.90. The van der Waals surface area contributed by atoms with E-state index in [1.165, 1.54) is 18.3 Å². The number of ketones is 1. The molecule has 2 aromatic carbocycles. The molecule has 1 N–H and O–H groups in total. The summed E-state index contributed by atoms with van der Waals surface area (Å²) in [7, 11) is 0. The quantitative estimate of drug-likeness (QED) is 0.591. The number of benzene rings is 2. The molecule has 0 bridgehead atoms. The Hall–Kier alpha value is -2.70. The highest BCUT2D eigenvalue weighted by Gasteiger charge is 2.13. The summed E-state index contributed by atoms with van der Waals surface area (Å²) in [5.41, 5.74) is 2.28. The lowest BCUT2D eigenvalue weighted by molar-refractivity contribution is -0.118. The van der Waals surface area contributed by atoms with Crippen molar-refractivity contribution in [3.05, 3.63) is 64.0 Å². The average Bonchev–Trinajstić information content (AvgIpc) is 3.01. The van der Waals surface area contributed by atoms with Gasteiger partial charge in [-0.3, -0.25) is 14.9 Å². The van der Waals surface area contributed by atoms with Gasteiger partial charge in [0.2, 0.25) is 0 Å². The smallest absolute Gasteiger partial charge is 0.264 e. The molecule has 0 unspecified atom stereocenters. The first kappa shape index (κ1) is 19.1. The van der Waals surface area contributed by atoms with Crippen LogP contribution in [0.1, 0.15) is 22.2 Å². The van der Waals surface area contributed by atoms with Gasteiger partial charge < -0.3 is 4.74 Å². The van der Waals surface area contributed by atoms with Crippen LogP contribution in [-0.2, 0) is 4.79 Å². The minimum absolute atomic E-state index is 0.0575. The lowest BCUT2D eigenvalue weighted by atomic mass is 10.1. The predicted molar refractivity (Wildman–Crippen MR) is 108 cm³/mol. The largest absolute Gasteiger partial charge is 0.484 e. The molecule has 0 atom stereocenters. The third kappa shape index (κ3) is 4.93. The van der Waals surface area contributed by atoms with E-state index < -0.39 is 0 Å². The van der Waals surface area contributed by atoms with Crippen LogP contribution in [0.25, 0.3) is 11.3 Å². The van der Waals surface area contributed by atoms with E-state index in [4.69, 9.17) is 16.3 Å². The first-order valence-corrected chi connectivity index (χ1v) is 9.39. The molecule has 3 rings (SSSR count). The number of Topliss-reactive ketones (excluding diaryl/α,β-unsaturated/α-hetero) is 1. The lowest BCUT2D eigenvalue weighted by Crippen LogP contribution is -2.20. The van der Waals surface area contributed by atoms with Crippen molar-refractivity contribution in [1.29, 1.82) is 0 Å². The topological polar surface area (TPSA) is 68.3 Å². The number of aromatic nitrogens is 1. The van der Waals surface area contributed by atoms with Gasteiger partial charge in [0.25, 0.3) is 5.91 Å². The molecule has 1 heterocycles. The summed E-state index contributed by atoms with van der Waals surface area (Å²) in [6.45, 7) is 3.26. The second-order valence-electron chi connectivity index (χ2n) is 5.85. The molecular formula is C20H17ClN2O3S. The first-order valence-electron chi connectivity index (χ1n) is 8.19. The minimum atomic E-state index is -0.320. The predicted octanol–water partition coefficient (Wildman–Crippen LogP) is 4.99. The second-order valence-corrected chi connectivity index (χ2v) is 7.49. The number of nitrogens with zero attached hydrogens (tertiary/aromatic N) is 1. The van der Waals surface area contributed by atoms with Crippen LogP contribution in [0.4, 0.5) is 5.13 Å². The Balaban J connectivity index is 1.63. The molecule has 0 saturated heterocycles. The number of carbonyl (C=O) groups is 2. The van der Waals surface area contributed by atoms with Gasteiger partial charge in [0, 0.05) is 21.0 Å². The van der Waals surface area contributed by atoms with Gasteiger partial charge in [-0.2, -0.15) is 0 Å². The van der Waals surface area contributed by atoms with Crippen LogP contribution in [0.15, 0.2) is 48.5 Å². The van der Waals surface area contributed by atoms with Crippen LogP contribution in [0.2, 0.25) is 5.02 Å². The molecule has 0 aliphatic heterocycles. The summed E-state index contributed by atoms with van der Waals surface area (Å²) in [5.74, 6) is 0.0903. The number of rotatable bonds is 6. The van der Waals surface area contributed by atoms with Crippen LogP contribution in [0.5, 0.6) is 5.75 Å². The van der Waals surface area contributed by atoms with E-state index in [1.54, 1.807) is 36.4 Å². The van der Waals surface area contributed by atoms with E-state index in [0.717, 1.165) is 16.1 Å². The van der Waals surface area contributed by atoms with Crippen molar-refractivity contribution in [2.24, 2.45) is 0 Å². The number of carbonyl (C=O) groups excluding carboxylic acids is 2. The average molecular weight is 401 g/mol. The number of hydrogen-bond donors (Lipinski definition) is 1. The molecule has 1 aromatic heterocycles. The Kier molecular flexibility index (Phi) is 5.88. The highest BCUT2D eigenvalue weighted by atomic mass is 35.5. The summed E-state index contributed by atoms with van der Waals surface area (Å²) in [6, 6.07) is 14.1. The van der Waals surface area contributed by atoms with Crippen LogP contribution >= 0.6 is 22.9 Å². The second kappa shape index (κ2) is 8.33. The molecule has 0 aliphatic carbocycles. The summed E-state index contributed by atoms with van der Waals surface area (Å²) in [4.78, 5) is 29.0. The number of amides is 1. The van der Waals surface area contributed by atoms with Crippen molar-refractivity contribution in [3.8, 4) is 17.0 Å². The Morgan fingerprint density at radius 3 is 2.63 bits per heavy atom. The van der Waals surface area contributed by atoms with Gasteiger partial charge in [0.05, 0.1) is 5.69 Å². The van der Waals surface area contributed by atoms with E-state index >= 15 is 0 Å². The van der Waals surface area contributed by atoms with Crippen LogP contribution < -0.4 is 10.1 Å². The van der Waals surface area contributed by atoms with Crippen molar-refractivity contribution in [2.75, 3.05) is 11.9 Å². The molecular weight excluding hydrogens is 384 g/mol. The van der Waals surface area contributed by atoms with Crippen molar-refractivity contribution >= 4 is 39.8 Å². The van der Waals surface area contributed by atoms with Crippen molar-refractivity contribution < 1.29 is 14.3 Å². The molecule has 7 heteroatoms. The third-order valence-corrected chi connectivity index (χ3v) is 4.91. The first-order chi connectivity index (χ1) is 12.9. The number of ether oxygens (including phenoxy) is 1. The summed E-state index contributed by atoms with van der Waals surface area (Å²) >= 11 is 7.31. The number of thiazole rings is 1. The van der Waals surface area contributed by atoms with Gasteiger partial charge in [0.1, 0.15) is 5.75 Å². The highest BCUT2D eigenvalue weighted by Crippen LogP contribution is 2.31. The SMILES string of the molecule is CC(=O)c1cccc(OCC(=O)Nc2nc(-c3ccc(Cl)cc3)c(C)s2)c1. The normalized spacial score (nSPS) is 10.5. The van der Waals surface area contributed by atoms with Crippen LogP contribution in [-0.4, -0.2) is 23.3 Å². The Morgan fingerprint density at radius 1 is 1.19 bits per heavy atom. The molecule has 3 aromatic rings. The molecule has 0 fully saturated rings. The maximum atomic E-state index is 12.2. The lowest BCUT2D eigenvalue weighted by Gasteiger charge is -2.06. The van der Waals surface area contributed by atoms with E-state index in [-0.39, 0.29) is 18.3 Å². The van der Waals surface area contributed by atoms with Gasteiger partial charge in [-0.15, -0.1) is 11.3 Å². The number of hydrogen-bond acceptors (Lipinski definition) is 5. The number of aryl methyl sites for hydroxylation is 1. The Morgan fingerprint density at radius 2 is 1.93 bits per heavy atom. The fourth-order valence-electron chi connectivity index (χ4n) is 2.43. The summed E-state index contributed by atoms with van der Waals surface area (Å²) < 4.78 is 5.46. The van der Waals surface area contributed by atoms with E-state index in [1.807, 2.05) is 19.1 Å². The van der Waals surface area contributed by atoms with Gasteiger partial charge in [-0.25, -0.2) is 4.98 Å². The molecule has 5 nitrogen and oxygen atoms in total. The fourth-order valence-corrected chi connectivity index (χ4v) is 3.41. The zero-order chi connectivity index (χ0) is 19.4. The fraction of sp³-hybridized carbons (Fsp3) is 0.150. The molecule has 0 saturated carbocycles. The number of anilines is 1. The zero-order valence-electron chi connectivity index (χ0n) is 14.8. The van der Waals surface area contributed by atoms with E-state index in [2.05, 4.69) is 10.3 Å². The van der Waals surface area contributed by atoms with Gasteiger partial charge >= 0.3 is 0 Å². The standard InChI is InChI=1S/C20H17ClN2O3S/c1-12(24)15-4-3-5-17(10-15)26-11-18(25)22-20-23-19(13(2)27-20)14-6-8-16(21)9-7-14/h3-10H,11H2,1-2H3,(H,22,23,25). The molecule has 27 heavy (non-hydrogen) atoms. The number of nitrogens with one attached hydrogen (secondary N) is 1. The van der Waals surface area contributed by atoms with Gasteiger partial charge in [-0.05, 0) is 38.1 Å². The molecule has 0 radical (unpaired) electrons. The molecule has 138 valence electrons. The van der Waals surface area contributed by atoms with Crippen LogP contribution in [0.3, 0.4) is 0 Å². The van der Waals surface area contributed by atoms with E-state index in [0.29, 0.717) is 21.5 Å². The van der Waals surface area contributed by atoms with E-state index in [9.17, 15) is 9.59 Å². The maximum Gasteiger partial charge on any atom is 0.264 e. The monoisotopic (exact) mass is 400 g/mol. The van der Waals surface area contributed by atoms with Gasteiger partial charge in [0.15, 0.2) is 17.5 Å². The highest BCUT2D eigenvalue weighted by molar-refractivity contribution is 7.16. The summed E-state index contributed by atoms with van der Waals surface area (Å²) in [6.07, 6.45) is 0. The van der Waals surface area contributed by atoms with Crippen molar-refractivity contribution in [1.82, 2.24) is 4.98 Å². The zero-order valence-corrected chi connectivity index (χ0v) is 16.4. The van der Waals surface area contributed by atoms with Crippen molar-refractivity contribution in [3.63, 3.8) is 0 Å². The number of halogens is 1. The van der Waals surface area contributed by atoms with Crippen molar-refractivity contribution in [2.45, 2.75) is 13.8 Å². The van der Waals surface area contributed by atoms with Crippen LogP contribution in [0, 0.1) is 6.92 Å². The maximum absolute atomic E-state index is 12.2. The third-order valence-electron chi connectivity index (χ3n) is 3.77.